The van der Waals surface area contributed by atoms with Crippen LogP contribution in [0.1, 0.15) is 24.0 Å². The Labute approximate surface area is 166 Å². The molecular weight excluding hydrogens is 383 g/mol. The average molecular weight is 405 g/mol. The van der Waals surface area contributed by atoms with Crippen LogP contribution in [0.3, 0.4) is 0 Å². The third kappa shape index (κ3) is 5.29. The zero-order chi connectivity index (χ0) is 20.9. The Morgan fingerprint density at radius 1 is 1.07 bits per heavy atom. The van der Waals surface area contributed by atoms with E-state index in [9.17, 15) is 18.0 Å². The number of anilines is 2. The van der Waals surface area contributed by atoms with Gasteiger partial charge in [-0.25, -0.2) is 5.48 Å². The van der Waals surface area contributed by atoms with Crippen LogP contribution in [0.15, 0.2) is 54.6 Å². The monoisotopic (exact) mass is 405 g/mol. The summed E-state index contributed by atoms with van der Waals surface area (Å²) in [7, 11) is 0. The van der Waals surface area contributed by atoms with Gasteiger partial charge in [0.15, 0.2) is 0 Å². The molecule has 2 aromatic rings. The number of hydroxylamine groups is 1. The van der Waals surface area contributed by atoms with Crippen molar-refractivity contribution < 1.29 is 23.2 Å². The molecule has 0 radical (unpaired) electrons. The Kier molecular flexibility index (Phi) is 6.43. The molecule has 5 nitrogen and oxygen atoms in total. The third-order valence-electron chi connectivity index (χ3n) is 4.89. The van der Waals surface area contributed by atoms with Gasteiger partial charge >= 0.3 is 6.18 Å². The molecule has 0 bridgehead atoms. The molecule has 0 atom stereocenters. The number of nitrogens with zero attached hydrogens (tertiary/aromatic N) is 1. The van der Waals surface area contributed by atoms with E-state index in [2.05, 4.69) is 10.2 Å². The molecule has 8 heteroatoms. The van der Waals surface area contributed by atoms with Gasteiger partial charge in [-0.15, -0.1) is 0 Å². The second-order valence-electron chi connectivity index (χ2n) is 6.82. The number of rotatable bonds is 5. The number of alkyl halides is 3. The molecule has 1 heterocycles. The van der Waals surface area contributed by atoms with Crippen LogP contribution in [0.2, 0.25) is 0 Å². The van der Waals surface area contributed by atoms with Crippen LogP contribution in [0, 0.1) is 0 Å². The summed E-state index contributed by atoms with van der Waals surface area (Å²) in [5.41, 5.74) is 2.76. The highest BCUT2D eigenvalue weighted by Crippen LogP contribution is 2.35. The normalized spacial score (nSPS) is 15.5. The van der Waals surface area contributed by atoms with Crippen LogP contribution < -0.4 is 15.7 Å². The van der Waals surface area contributed by atoms with Crippen molar-refractivity contribution in [1.29, 1.82) is 0 Å². The lowest BCUT2D eigenvalue weighted by Crippen LogP contribution is -2.39. The van der Waals surface area contributed by atoms with Gasteiger partial charge in [0.1, 0.15) is 0 Å². The fraction of sp³-hybridized carbons (Fsp3) is 0.286. The summed E-state index contributed by atoms with van der Waals surface area (Å²) < 4.78 is 39.6. The van der Waals surface area contributed by atoms with Gasteiger partial charge in [0, 0.05) is 36.6 Å². The molecule has 0 saturated carbocycles. The van der Waals surface area contributed by atoms with Gasteiger partial charge in [-0.3, -0.25) is 10.0 Å². The van der Waals surface area contributed by atoms with Crippen molar-refractivity contribution in [2.45, 2.75) is 25.1 Å². The van der Waals surface area contributed by atoms with Crippen LogP contribution in [0.4, 0.5) is 24.5 Å². The maximum absolute atomic E-state index is 13.2. The first-order valence-electron chi connectivity index (χ1n) is 9.27. The number of carbonyl (C=O) groups excluding carboxylic acids is 1. The smallest absolute Gasteiger partial charge is 0.382 e. The molecule has 3 rings (SSSR count). The highest BCUT2D eigenvalue weighted by molar-refractivity contribution is 5.91. The van der Waals surface area contributed by atoms with Crippen molar-refractivity contribution in [3.8, 4) is 0 Å². The lowest BCUT2D eigenvalue weighted by Gasteiger charge is -2.35. The second-order valence-corrected chi connectivity index (χ2v) is 6.82. The van der Waals surface area contributed by atoms with Gasteiger partial charge in [0.05, 0.1) is 5.56 Å². The van der Waals surface area contributed by atoms with E-state index in [0.29, 0.717) is 25.9 Å². The maximum Gasteiger partial charge on any atom is 0.418 e. The Morgan fingerprint density at radius 3 is 2.41 bits per heavy atom. The fourth-order valence-electron chi connectivity index (χ4n) is 3.46. The summed E-state index contributed by atoms with van der Waals surface area (Å²) in [6.07, 6.45) is -0.175. The standard InChI is InChI=1S/C21H22F3N3O2/c22-21(23,24)17-6-2-3-7-18(17)25-16-11-13-27(14-12-16)19-8-4-1-5-15(19)9-10-20(28)26-29/h1-10,16,25,29H,11-14H2,(H,26,28)/b10-9+. The van der Waals surface area contributed by atoms with Crippen molar-refractivity contribution in [3.63, 3.8) is 0 Å². The summed E-state index contributed by atoms with van der Waals surface area (Å²) in [6, 6.07) is 13.0. The first kappa shape index (κ1) is 20.7. The molecule has 0 aromatic heterocycles. The minimum atomic E-state index is -4.39. The predicted molar refractivity (Wildman–Crippen MR) is 106 cm³/mol. The minimum Gasteiger partial charge on any atom is -0.382 e. The van der Waals surface area contributed by atoms with E-state index in [4.69, 9.17) is 5.21 Å². The zero-order valence-corrected chi connectivity index (χ0v) is 15.6. The van der Waals surface area contributed by atoms with Gasteiger partial charge in [0.25, 0.3) is 5.91 Å². The lowest BCUT2D eigenvalue weighted by molar-refractivity contribution is -0.137. The summed E-state index contributed by atoms with van der Waals surface area (Å²) >= 11 is 0. The second kappa shape index (κ2) is 9.00. The van der Waals surface area contributed by atoms with Crippen LogP contribution in [0.5, 0.6) is 0 Å². The van der Waals surface area contributed by atoms with E-state index >= 15 is 0 Å². The lowest BCUT2D eigenvalue weighted by atomic mass is 10.0. The number of nitrogens with one attached hydrogen (secondary N) is 2. The highest BCUT2D eigenvalue weighted by Gasteiger charge is 2.34. The molecule has 0 aliphatic carbocycles. The number of para-hydroxylation sites is 2. The molecular formula is C21H22F3N3O2. The molecule has 0 spiro atoms. The number of halogens is 3. The molecule has 154 valence electrons. The molecule has 1 aliphatic heterocycles. The van der Waals surface area contributed by atoms with E-state index in [0.717, 1.165) is 17.3 Å². The van der Waals surface area contributed by atoms with Crippen LogP contribution in [-0.4, -0.2) is 30.2 Å². The van der Waals surface area contributed by atoms with Crippen LogP contribution >= 0.6 is 0 Å². The van der Waals surface area contributed by atoms with Gasteiger partial charge in [-0.05, 0) is 42.7 Å². The molecule has 1 saturated heterocycles. The van der Waals surface area contributed by atoms with E-state index in [1.807, 2.05) is 24.3 Å². The minimum absolute atomic E-state index is 0.0578. The van der Waals surface area contributed by atoms with Crippen molar-refractivity contribution in [2.24, 2.45) is 0 Å². The van der Waals surface area contributed by atoms with Gasteiger partial charge in [-0.1, -0.05) is 30.3 Å². The third-order valence-corrected chi connectivity index (χ3v) is 4.89. The Morgan fingerprint density at radius 2 is 1.72 bits per heavy atom. The van der Waals surface area contributed by atoms with Crippen molar-refractivity contribution in [1.82, 2.24) is 5.48 Å². The number of hydrogen-bond acceptors (Lipinski definition) is 4. The van der Waals surface area contributed by atoms with E-state index < -0.39 is 17.6 Å². The van der Waals surface area contributed by atoms with Crippen molar-refractivity contribution in [2.75, 3.05) is 23.3 Å². The topological polar surface area (TPSA) is 64.6 Å². The van der Waals surface area contributed by atoms with Gasteiger partial charge in [0.2, 0.25) is 0 Å². The Hall–Kier alpha value is -3.00. The predicted octanol–water partition coefficient (Wildman–Crippen LogP) is 4.30. The molecule has 1 fully saturated rings. The van der Waals surface area contributed by atoms with E-state index in [1.165, 1.54) is 18.2 Å². The highest BCUT2D eigenvalue weighted by atomic mass is 19.4. The maximum atomic E-state index is 13.2. The summed E-state index contributed by atoms with van der Waals surface area (Å²) in [4.78, 5) is 13.4. The van der Waals surface area contributed by atoms with Gasteiger partial charge < -0.3 is 10.2 Å². The number of carbonyl (C=O) groups is 1. The largest absolute Gasteiger partial charge is 0.418 e. The molecule has 3 N–H and O–H groups in total. The molecule has 2 aromatic carbocycles. The van der Waals surface area contributed by atoms with Crippen molar-refractivity contribution in [3.05, 3.63) is 65.7 Å². The number of benzene rings is 2. The first-order valence-corrected chi connectivity index (χ1v) is 9.27. The Bertz CT molecular complexity index is 875. The number of piperidine rings is 1. The Balaban J connectivity index is 1.67. The first-order chi connectivity index (χ1) is 13.9. The SMILES string of the molecule is O=C(/C=C/c1ccccc1N1CCC(Nc2ccccc2C(F)(F)F)CC1)NO. The summed E-state index contributed by atoms with van der Waals surface area (Å²) in [6.45, 7) is 1.34. The molecule has 1 amide bonds. The summed E-state index contributed by atoms with van der Waals surface area (Å²) in [5, 5.41) is 11.7. The zero-order valence-electron chi connectivity index (χ0n) is 15.6. The molecule has 0 unspecified atom stereocenters. The number of amides is 1. The van der Waals surface area contributed by atoms with E-state index in [1.54, 1.807) is 17.6 Å². The molecule has 29 heavy (non-hydrogen) atoms. The van der Waals surface area contributed by atoms with Crippen LogP contribution in [-0.2, 0) is 11.0 Å². The van der Waals surface area contributed by atoms with Crippen LogP contribution in [0.25, 0.3) is 6.08 Å². The summed E-state index contributed by atoms with van der Waals surface area (Å²) in [5.74, 6) is -0.619. The van der Waals surface area contributed by atoms with Gasteiger partial charge in [-0.2, -0.15) is 13.2 Å². The van der Waals surface area contributed by atoms with Crippen molar-refractivity contribution >= 4 is 23.4 Å². The quantitative estimate of drug-likeness (QED) is 0.394. The van der Waals surface area contributed by atoms with E-state index in [-0.39, 0.29) is 11.7 Å². The average Bonchev–Trinajstić information content (AvgIpc) is 2.72. The fourth-order valence-corrected chi connectivity index (χ4v) is 3.46. The molecule has 1 aliphatic rings. The number of hydrogen-bond donors (Lipinski definition) is 3.